The number of fused-ring (bicyclic) bond motifs is 1. The number of rotatable bonds is 7. The summed E-state index contributed by atoms with van der Waals surface area (Å²) in [7, 11) is -2.11. The van der Waals surface area contributed by atoms with Crippen molar-refractivity contribution in [3.8, 4) is 5.75 Å². The van der Waals surface area contributed by atoms with Crippen LogP contribution in [-0.4, -0.2) is 55.4 Å². The first-order chi connectivity index (χ1) is 16.3. The van der Waals surface area contributed by atoms with Crippen LogP contribution >= 0.6 is 23.1 Å². The van der Waals surface area contributed by atoms with Crippen LogP contribution in [0.4, 0.5) is 4.39 Å². The van der Waals surface area contributed by atoms with Crippen LogP contribution in [0.25, 0.3) is 10.2 Å². The van der Waals surface area contributed by atoms with Crippen LogP contribution in [0.2, 0.25) is 0 Å². The lowest BCUT2D eigenvalue weighted by atomic mass is 9.98. The van der Waals surface area contributed by atoms with E-state index in [1.807, 2.05) is 10.8 Å². The number of aromatic nitrogens is 1. The first-order valence-corrected chi connectivity index (χ1v) is 14.5. The Kier molecular flexibility index (Phi) is 7.76. The van der Waals surface area contributed by atoms with Crippen LogP contribution in [0.5, 0.6) is 5.75 Å². The van der Waals surface area contributed by atoms with E-state index < -0.39 is 10.0 Å². The van der Waals surface area contributed by atoms with E-state index in [0.717, 1.165) is 16.0 Å². The largest absolute Gasteiger partial charge is 0.497 e. The summed E-state index contributed by atoms with van der Waals surface area (Å²) in [6.07, 6.45) is 2.81. The lowest BCUT2D eigenvalue weighted by molar-refractivity contribution is -0.122. The predicted molar refractivity (Wildman–Crippen MR) is 133 cm³/mol. The molecule has 0 N–H and O–H groups in total. The second kappa shape index (κ2) is 10.6. The Morgan fingerprint density at radius 3 is 2.56 bits per heavy atom. The van der Waals surface area contributed by atoms with Crippen LogP contribution < -0.4 is 9.54 Å². The third-order valence-corrected chi connectivity index (χ3v) is 9.41. The molecule has 0 spiro atoms. The van der Waals surface area contributed by atoms with Gasteiger partial charge in [0.25, 0.3) is 5.91 Å². The number of hydrogen-bond donors (Lipinski definition) is 0. The number of ether oxygens (including phenoxy) is 1. The molecular weight excluding hydrogens is 497 g/mol. The minimum atomic E-state index is -3.64. The highest BCUT2D eigenvalue weighted by Gasteiger charge is 2.32. The monoisotopic (exact) mass is 523 g/mol. The Hall–Kier alpha value is -2.21. The molecule has 2 heterocycles. The van der Waals surface area contributed by atoms with Crippen LogP contribution in [0, 0.1) is 11.7 Å². The molecule has 3 aromatic rings. The Labute approximate surface area is 206 Å². The summed E-state index contributed by atoms with van der Waals surface area (Å²) in [6, 6.07) is 10.9. The van der Waals surface area contributed by atoms with E-state index in [9.17, 15) is 17.6 Å². The molecule has 34 heavy (non-hydrogen) atoms. The van der Waals surface area contributed by atoms with Gasteiger partial charge in [0, 0.05) is 31.3 Å². The Bertz CT molecular complexity index is 1340. The summed E-state index contributed by atoms with van der Waals surface area (Å²) in [5.41, 5.74) is 0.854. The maximum Gasteiger partial charge on any atom is 0.251 e. The van der Waals surface area contributed by atoms with E-state index in [4.69, 9.17) is 4.74 Å². The molecule has 0 atom stereocenters. The van der Waals surface area contributed by atoms with Gasteiger partial charge in [-0.3, -0.25) is 4.79 Å². The molecule has 7 nitrogen and oxygen atoms in total. The zero-order chi connectivity index (χ0) is 24.3. The number of piperidine rings is 1. The van der Waals surface area contributed by atoms with E-state index in [1.54, 1.807) is 30.0 Å². The van der Waals surface area contributed by atoms with Crippen molar-refractivity contribution in [2.75, 3.05) is 32.2 Å². The fourth-order valence-electron chi connectivity index (χ4n) is 3.96. The van der Waals surface area contributed by atoms with E-state index in [2.05, 4.69) is 4.99 Å². The van der Waals surface area contributed by atoms with Crippen LogP contribution in [0.15, 0.2) is 52.4 Å². The Morgan fingerprint density at radius 1 is 1.21 bits per heavy atom. The number of hydrogen-bond acceptors (Lipinski definition) is 6. The number of carbonyl (C=O) groups is 1. The maximum absolute atomic E-state index is 13.7. The molecule has 1 aromatic heterocycles. The average molecular weight is 524 g/mol. The summed E-state index contributed by atoms with van der Waals surface area (Å²) in [5, 5.41) is 0. The summed E-state index contributed by atoms with van der Waals surface area (Å²) < 4.78 is 48.9. The molecule has 182 valence electrons. The van der Waals surface area contributed by atoms with Gasteiger partial charge in [-0.1, -0.05) is 11.3 Å². The topological polar surface area (TPSA) is 81.0 Å². The summed E-state index contributed by atoms with van der Waals surface area (Å²) in [5.74, 6) is 0.494. The quantitative estimate of drug-likeness (QED) is 0.471. The van der Waals surface area contributed by atoms with Gasteiger partial charge < -0.3 is 9.30 Å². The number of benzene rings is 2. The number of methoxy groups -OCH3 is 1. The summed E-state index contributed by atoms with van der Waals surface area (Å²) >= 11 is 2.98. The maximum atomic E-state index is 13.7. The fraction of sp³-hybridized carbons (Fsp3) is 0.391. The molecule has 2 aromatic carbocycles. The van der Waals surface area contributed by atoms with Gasteiger partial charge in [0.15, 0.2) is 4.80 Å². The molecule has 4 rings (SSSR count). The molecule has 1 saturated heterocycles. The Balaban J connectivity index is 1.51. The molecule has 1 aliphatic heterocycles. The normalized spacial score (nSPS) is 16.3. The van der Waals surface area contributed by atoms with Gasteiger partial charge in [0.2, 0.25) is 10.0 Å². The first-order valence-electron chi connectivity index (χ1n) is 10.8. The highest BCUT2D eigenvalue weighted by Crippen LogP contribution is 2.26. The number of thioether (sulfide) groups is 1. The summed E-state index contributed by atoms with van der Waals surface area (Å²) in [4.78, 5) is 18.1. The second-order valence-corrected chi connectivity index (χ2v) is 11.9. The summed E-state index contributed by atoms with van der Waals surface area (Å²) in [6.45, 7) is 1.17. The van der Waals surface area contributed by atoms with Crippen molar-refractivity contribution in [2.24, 2.45) is 10.9 Å². The number of nitrogens with zero attached hydrogens (tertiary/aromatic N) is 3. The van der Waals surface area contributed by atoms with Gasteiger partial charge in [0.05, 0.1) is 22.2 Å². The van der Waals surface area contributed by atoms with Crippen LogP contribution in [0.3, 0.4) is 0 Å². The predicted octanol–water partition coefficient (Wildman–Crippen LogP) is 3.74. The smallest absolute Gasteiger partial charge is 0.251 e. The van der Waals surface area contributed by atoms with E-state index in [-0.39, 0.29) is 35.6 Å². The van der Waals surface area contributed by atoms with E-state index in [0.29, 0.717) is 29.9 Å². The molecule has 1 amide bonds. The fourth-order valence-corrected chi connectivity index (χ4v) is 6.88. The van der Waals surface area contributed by atoms with Crippen molar-refractivity contribution in [2.45, 2.75) is 24.3 Å². The third kappa shape index (κ3) is 5.22. The number of halogens is 1. The first kappa shape index (κ1) is 24.9. The van der Waals surface area contributed by atoms with E-state index in [1.165, 1.54) is 47.0 Å². The molecule has 0 unspecified atom stereocenters. The van der Waals surface area contributed by atoms with Crippen molar-refractivity contribution in [3.63, 3.8) is 0 Å². The van der Waals surface area contributed by atoms with Crippen molar-refractivity contribution in [3.05, 3.63) is 53.1 Å². The lowest BCUT2D eigenvalue weighted by Gasteiger charge is -2.29. The third-order valence-electron chi connectivity index (χ3n) is 5.87. The van der Waals surface area contributed by atoms with Gasteiger partial charge in [-0.25, -0.2) is 12.8 Å². The minimum Gasteiger partial charge on any atom is -0.497 e. The SMILES string of the molecule is COc1ccc(S(=O)(=O)N2CCC(C(=O)N=c3sc4cc(F)ccc4n3CCSC)CC2)cc1. The van der Waals surface area contributed by atoms with Gasteiger partial charge in [-0.2, -0.15) is 21.1 Å². The number of amides is 1. The number of carbonyl (C=O) groups excluding carboxylic acids is 1. The minimum absolute atomic E-state index is 0.204. The lowest BCUT2D eigenvalue weighted by Crippen LogP contribution is -2.40. The molecule has 11 heteroatoms. The van der Waals surface area contributed by atoms with Gasteiger partial charge in [0.1, 0.15) is 11.6 Å². The Morgan fingerprint density at radius 2 is 1.91 bits per heavy atom. The molecule has 1 aliphatic rings. The van der Waals surface area contributed by atoms with Crippen LogP contribution in [0.1, 0.15) is 12.8 Å². The van der Waals surface area contributed by atoms with Gasteiger partial charge >= 0.3 is 0 Å². The highest BCUT2D eigenvalue weighted by atomic mass is 32.2. The van der Waals surface area contributed by atoms with Gasteiger partial charge in [-0.15, -0.1) is 0 Å². The molecule has 0 radical (unpaired) electrons. The zero-order valence-electron chi connectivity index (χ0n) is 18.9. The second-order valence-electron chi connectivity index (χ2n) is 7.95. The van der Waals surface area contributed by atoms with E-state index >= 15 is 0 Å². The van der Waals surface area contributed by atoms with Crippen molar-refractivity contribution in [1.29, 1.82) is 0 Å². The van der Waals surface area contributed by atoms with Gasteiger partial charge in [-0.05, 0) is 61.6 Å². The van der Waals surface area contributed by atoms with Crippen molar-refractivity contribution < 1.29 is 22.3 Å². The number of aryl methyl sites for hydroxylation is 1. The standard InChI is InChI=1S/C23H26FN3O4S3/c1-31-18-4-6-19(7-5-18)34(29,30)26-11-9-16(10-12-26)22(28)25-23-27(13-14-32-2)20-8-3-17(24)15-21(20)33-23/h3-8,15-16H,9-14H2,1-2H3. The van der Waals surface area contributed by atoms with Crippen molar-refractivity contribution >= 4 is 49.2 Å². The molecular formula is C23H26FN3O4S3. The molecule has 0 aliphatic carbocycles. The highest BCUT2D eigenvalue weighted by molar-refractivity contribution is 7.98. The van der Waals surface area contributed by atoms with Crippen molar-refractivity contribution in [1.82, 2.24) is 8.87 Å². The number of sulfonamides is 1. The molecule has 0 saturated carbocycles. The average Bonchev–Trinajstić information content (AvgIpc) is 3.18. The van der Waals surface area contributed by atoms with Crippen LogP contribution in [-0.2, 0) is 21.4 Å². The number of thiazole rings is 1. The zero-order valence-corrected chi connectivity index (χ0v) is 21.4. The molecule has 1 fully saturated rings. The molecule has 0 bridgehead atoms.